The van der Waals surface area contributed by atoms with Gasteiger partial charge in [-0.15, -0.1) is 28.7 Å². The Hall–Kier alpha value is -0.160. The van der Waals surface area contributed by atoms with Gasteiger partial charge in [-0.1, -0.05) is 0 Å². The lowest BCUT2D eigenvalue weighted by atomic mass is 10.6. The average molecular weight is 240 g/mol. The van der Waals surface area contributed by atoms with Crippen LogP contribution in [0.2, 0.25) is 0 Å². The Kier molecular flexibility index (Phi) is 5.41. The molecule has 0 bridgehead atoms. The number of hydrogen-bond acceptors (Lipinski definition) is 4. The molecule has 1 heterocycles. The molecule has 0 saturated carbocycles. The zero-order valence-electron chi connectivity index (χ0n) is 6.15. The van der Waals surface area contributed by atoms with Crippen LogP contribution in [0.4, 0.5) is 0 Å². The molecule has 0 amide bonds. The van der Waals surface area contributed by atoms with Gasteiger partial charge in [-0.25, -0.2) is 0 Å². The first-order chi connectivity index (χ1) is 4.83. The number of ether oxygens (including phenoxy) is 1. The highest BCUT2D eigenvalue weighted by molar-refractivity contribution is 8.93. The van der Waals surface area contributed by atoms with Gasteiger partial charge >= 0.3 is 5.97 Å². The monoisotopic (exact) mass is 239 g/mol. The Bertz CT molecular complexity index is 163. The van der Waals surface area contributed by atoms with E-state index >= 15 is 0 Å². The molecule has 1 rings (SSSR count). The van der Waals surface area contributed by atoms with Crippen molar-refractivity contribution >= 4 is 34.7 Å². The van der Waals surface area contributed by atoms with Crippen LogP contribution in [0.3, 0.4) is 0 Å². The first kappa shape index (κ1) is 10.8. The summed E-state index contributed by atoms with van der Waals surface area (Å²) in [6, 6.07) is 0. The number of rotatable bonds is 2. The molecule has 3 nitrogen and oxygen atoms in total. The van der Waals surface area contributed by atoms with E-state index in [9.17, 15) is 4.79 Å². The Morgan fingerprint density at radius 2 is 2.55 bits per heavy atom. The lowest BCUT2D eigenvalue weighted by Gasteiger charge is -2.11. The minimum atomic E-state index is -0.188. The Balaban J connectivity index is 0.000001000. The molecule has 0 N–H and O–H groups in total. The maximum atomic E-state index is 10.7. The van der Waals surface area contributed by atoms with Gasteiger partial charge in [0.25, 0.3) is 0 Å². The summed E-state index contributed by atoms with van der Waals surface area (Å²) in [5.74, 6) is 0.668. The molecule has 0 radical (unpaired) electrons. The SMILES string of the molecule is Br.COC(=O)CN1C=CSC1. The highest BCUT2D eigenvalue weighted by Crippen LogP contribution is 2.13. The first-order valence-electron chi connectivity index (χ1n) is 2.92. The summed E-state index contributed by atoms with van der Waals surface area (Å²) in [5, 5.41) is 1.96. The second-order valence-electron chi connectivity index (χ2n) is 1.90. The van der Waals surface area contributed by atoms with Crippen LogP contribution >= 0.6 is 28.7 Å². The number of halogens is 1. The van der Waals surface area contributed by atoms with Gasteiger partial charge in [0.1, 0.15) is 6.54 Å². The Morgan fingerprint density at radius 1 is 1.82 bits per heavy atom. The topological polar surface area (TPSA) is 29.5 Å². The number of carbonyl (C=O) groups is 1. The molecule has 1 aliphatic heterocycles. The van der Waals surface area contributed by atoms with Crippen molar-refractivity contribution in [3.05, 3.63) is 11.6 Å². The van der Waals surface area contributed by atoms with Gasteiger partial charge in [0, 0.05) is 6.20 Å². The lowest BCUT2D eigenvalue weighted by Crippen LogP contribution is -2.23. The molecule has 0 fully saturated rings. The fourth-order valence-corrected chi connectivity index (χ4v) is 1.35. The molecule has 0 aliphatic carbocycles. The number of methoxy groups -OCH3 is 1. The fourth-order valence-electron chi connectivity index (χ4n) is 0.640. The summed E-state index contributed by atoms with van der Waals surface area (Å²) in [4.78, 5) is 12.6. The van der Waals surface area contributed by atoms with E-state index in [0.717, 1.165) is 5.88 Å². The van der Waals surface area contributed by atoms with Crippen LogP contribution < -0.4 is 0 Å². The molecule has 0 saturated heterocycles. The van der Waals surface area contributed by atoms with Crippen molar-refractivity contribution in [2.45, 2.75) is 0 Å². The summed E-state index contributed by atoms with van der Waals surface area (Å²) in [6.07, 6.45) is 1.89. The molecule has 0 atom stereocenters. The molecule has 11 heavy (non-hydrogen) atoms. The van der Waals surface area contributed by atoms with Gasteiger partial charge in [-0.2, -0.15) is 0 Å². The summed E-state index contributed by atoms with van der Waals surface area (Å²) >= 11 is 1.67. The third-order valence-corrected chi connectivity index (χ3v) is 1.96. The molecule has 0 aromatic rings. The third kappa shape index (κ3) is 3.67. The number of nitrogens with zero attached hydrogens (tertiary/aromatic N) is 1. The second kappa shape index (κ2) is 5.49. The highest BCUT2D eigenvalue weighted by atomic mass is 79.9. The van der Waals surface area contributed by atoms with Gasteiger partial charge < -0.3 is 9.64 Å². The van der Waals surface area contributed by atoms with Gasteiger partial charge in [0.2, 0.25) is 0 Å². The maximum absolute atomic E-state index is 10.7. The number of esters is 1. The van der Waals surface area contributed by atoms with E-state index in [1.165, 1.54) is 7.11 Å². The first-order valence-corrected chi connectivity index (χ1v) is 3.97. The van der Waals surface area contributed by atoms with Crippen molar-refractivity contribution in [2.75, 3.05) is 19.5 Å². The third-order valence-electron chi connectivity index (χ3n) is 1.17. The van der Waals surface area contributed by atoms with E-state index in [4.69, 9.17) is 0 Å². The van der Waals surface area contributed by atoms with Crippen LogP contribution in [0.15, 0.2) is 11.6 Å². The van der Waals surface area contributed by atoms with E-state index in [2.05, 4.69) is 4.74 Å². The van der Waals surface area contributed by atoms with E-state index < -0.39 is 0 Å². The molecule has 1 aliphatic rings. The zero-order valence-corrected chi connectivity index (χ0v) is 8.68. The summed E-state index contributed by atoms with van der Waals surface area (Å²) in [5.41, 5.74) is 0. The molecular weight excluding hydrogens is 230 g/mol. The van der Waals surface area contributed by atoms with Crippen LogP contribution in [0.1, 0.15) is 0 Å². The van der Waals surface area contributed by atoms with Crippen molar-refractivity contribution < 1.29 is 9.53 Å². The molecule has 0 aromatic carbocycles. The second-order valence-corrected chi connectivity index (χ2v) is 2.77. The minimum absolute atomic E-state index is 0. The molecule has 64 valence electrons. The largest absolute Gasteiger partial charge is 0.468 e. The number of carbonyl (C=O) groups excluding carboxylic acids is 1. The minimum Gasteiger partial charge on any atom is -0.468 e. The predicted molar refractivity (Wildman–Crippen MR) is 50.6 cm³/mol. The summed E-state index contributed by atoms with van der Waals surface area (Å²) in [7, 11) is 1.40. The number of hydrogen-bond donors (Lipinski definition) is 0. The van der Waals surface area contributed by atoms with Crippen molar-refractivity contribution in [3.63, 3.8) is 0 Å². The Labute approximate surface area is 80.5 Å². The van der Waals surface area contributed by atoms with Gasteiger partial charge in [-0.05, 0) is 5.41 Å². The van der Waals surface area contributed by atoms with Crippen molar-refractivity contribution in [2.24, 2.45) is 0 Å². The van der Waals surface area contributed by atoms with Gasteiger partial charge in [0.15, 0.2) is 0 Å². The molecule has 0 spiro atoms. The van der Waals surface area contributed by atoms with Crippen LogP contribution in [-0.4, -0.2) is 30.4 Å². The molecular formula is C6H10BrNO2S. The zero-order chi connectivity index (χ0) is 7.40. The predicted octanol–water partition coefficient (Wildman–Crippen LogP) is 1.21. The van der Waals surface area contributed by atoms with Gasteiger partial charge in [0.05, 0.1) is 13.0 Å². The highest BCUT2D eigenvalue weighted by Gasteiger charge is 2.08. The van der Waals surface area contributed by atoms with E-state index in [-0.39, 0.29) is 23.0 Å². The van der Waals surface area contributed by atoms with Crippen LogP contribution in [0.5, 0.6) is 0 Å². The quantitative estimate of drug-likeness (QED) is 0.678. The Morgan fingerprint density at radius 3 is 3.00 bits per heavy atom. The molecule has 5 heteroatoms. The van der Waals surface area contributed by atoms with E-state index in [1.807, 2.05) is 16.5 Å². The van der Waals surface area contributed by atoms with Crippen molar-refractivity contribution in [1.82, 2.24) is 4.90 Å². The fraction of sp³-hybridized carbons (Fsp3) is 0.500. The van der Waals surface area contributed by atoms with Crippen LogP contribution in [0, 0.1) is 0 Å². The van der Waals surface area contributed by atoms with Crippen LogP contribution in [-0.2, 0) is 9.53 Å². The normalized spacial score (nSPS) is 14.5. The maximum Gasteiger partial charge on any atom is 0.325 e. The standard InChI is InChI=1S/C6H9NO2S.BrH/c1-9-6(8)4-7-2-3-10-5-7;/h2-3H,4-5H2,1H3;1H. The van der Waals surface area contributed by atoms with Crippen molar-refractivity contribution in [3.8, 4) is 0 Å². The van der Waals surface area contributed by atoms with Crippen molar-refractivity contribution in [1.29, 1.82) is 0 Å². The molecule has 0 unspecified atom stereocenters. The molecule has 0 aromatic heterocycles. The number of thioether (sulfide) groups is 1. The van der Waals surface area contributed by atoms with E-state index in [1.54, 1.807) is 11.8 Å². The summed E-state index contributed by atoms with van der Waals surface area (Å²) in [6.45, 7) is 0.361. The van der Waals surface area contributed by atoms with E-state index in [0.29, 0.717) is 6.54 Å². The lowest BCUT2D eigenvalue weighted by molar-refractivity contribution is -0.141. The average Bonchev–Trinajstić information content (AvgIpc) is 2.40. The van der Waals surface area contributed by atoms with Gasteiger partial charge in [-0.3, -0.25) is 4.79 Å². The van der Waals surface area contributed by atoms with Crippen LogP contribution in [0.25, 0.3) is 0 Å². The summed E-state index contributed by atoms with van der Waals surface area (Å²) < 4.78 is 4.49. The smallest absolute Gasteiger partial charge is 0.325 e.